The zero-order chi connectivity index (χ0) is 18.0. The highest BCUT2D eigenvalue weighted by molar-refractivity contribution is 5.80. The van der Waals surface area contributed by atoms with E-state index in [1.54, 1.807) is 24.3 Å². The van der Waals surface area contributed by atoms with Crippen molar-refractivity contribution >= 4 is 17.0 Å². The van der Waals surface area contributed by atoms with Gasteiger partial charge in [-0.25, -0.2) is 4.79 Å². The van der Waals surface area contributed by atoms with Crippen LogP contribution in [0.2, 0.25) is 0 Å². The van der Waals surface area contributed by atoms with Crippen molar-refractivity contribution in [2.45, 2.75) is 31.6 Å². The molecule has 9 heteroatoms. The number of fused-ring (bicyclic) bond motifs is 1. The molecule has 25 heavy (non-hydrogen) atoms. The van der Waals surface area contributed by atoms with E-state index in [4.69, 9.17) is 9.15 Å². The van der Waals surface area contributed by atoms with Gasteiger partial charge in [0.1, 0.15) is 13.1 Å². The van der Waals surface area contributed by atoms with Crippen LogP contribution in [0.4, 0.5) is 13.2 Å². The Labute approximate surface area is 140 Å². The van der Waals surface area contributed by atoms with Crippen molar-refractivity contribution in [3.63, 3.8) is 0 Å². The van der Waals surface area contributed by atoms with Crippen LogP contribution in [0, 0.1) is 0 Å². The standard InChI is InChI=1S/C16H17F3N2O4/c17-16(18,19)10-21(11-5-7-24-8-6-11)14(22)9-20-12-3-1-2-4-13(12)25-15(20)23/h1-4,11H,5-10H2. The van der Waals surface area contributed by atoms with Gasteiger partial charge in [-0.05, 0) is 25.0 Å². The Morgan fingerprint density at radius 2 is 1.92 bits per heavy atom. The van der Waals surface area contributed by atoms with Crippen LogP contribution in [-0.2, 0) is 16.1 Å². The molecule has 1 aliphatic rings. The fourth-order valence-electron chi connectivity index (χ4n) is 3.00. The summed E-state index contributed by atoms with van der Waals surface area (Å²) in [6, 6.07) is 5.90. The number of carbonyl (C=O) groups excluding carboxylic acids is 1. The maximum atomic E-state index is 12.9. The van der Waals surface area contributed by atoms with Crippen LogP contribution in [0.15, 0.2) is 33.5 Å². The van der Waals surface area contributed by atoms with Gasteiger partial charge in [-0.15, -0.1) is 0 Å². The zero-order valence-corrected chi connectivity index (χ0v) is 13.3. The molecule has 1 aromatic carbocycles. The van der Waals surface area contributed by atoms with Crippen molar-refractivity contribution in [1.29, 1.82) is 0 Å². The smallest absolute Gasteiger partial charge is 0.408 e. The number of para-hydroxylation sites is 2. The minimum Gasteiger partial charge on any atom is -0.408 e. The average molecular weight is 358 g/mol. The van der Waals surface area contributed by atoms with E-state index in [9.17, 15) is 22.8 Å². The molecule has 0 saturated carbocycles. The highest BCUT2D eigenvalue weighted by atomic mass is 19.4. The molecule has 0 radical (unpaired) electrons. The van der Waals surface area contributed by atoms with Crippen LogP contribution in [-0.4, -0.2) is 47.4 Å². The van der Waals surface area contributed by atoms with Gasteiger partial charge in [0.05, 0.1) is 5.52 Å². The number of aromatic nitrogens is 1. The summed E-state index contributed by atoms with van der Waals surface area (Å²) < 4.78 is 50.0. The normalized spacial score (nSPS) is 16.3. The summed E-state index contributed by atoms with van der Waals surface area (Å²) in [5.74, 6) is -1.54. The van der Waals surface area contributed by atoms with E-state index in [1.165, 1.54) is 0 Å². The molecule has 0 N–H and O–H groups in total. The highest BCUT2D eigenvalue weighted by Crippen LogP contribution is 2.23. The Morgan fingerprint density at radius 3 is 2.60 bits per heavy atom. The summed E-state index contributed by atoms with van der Waals surface area (Å²) in [7, 11) is 0. The van der Waals surface area contributed by atoms with Crippen LogP contribution in [0.1, 0.15) is 12.8 Å². The first-order valence-corrected chi connectivity index (χ1v) is 7.87. The Kier molecular flexibility index (Phi) is 4.85. The van der Waals surface area contributed by atoms with E-state index < -0.39 is 37.0 Å². The van der Waals surface area contributed by atoms with Gasteiger partial charge in [-0.3, -0.25) is 9.36 Å². The van der Waals surface area contributed by atoms with E-state index in [0.717, 1.165) is 9.47 Å². The van der Waals surface area contributed by atoms with Gasteiger partial charge in [0.15, 0.2) is 5.58 Å². The number of alkyl halides is 3. The summed E-state index contributed by atoms with van der Waals surface area (Å²) in [6.07, 6.45) is -3.84. The lowest BCUT2D eigenvalue weighted by Crippen LogP contribution is -2.49. The van der Waals surface area contributed by atoms with E-state index in [1.807, 2.05) is 0 Å². The second kappa shape index (κ2) is 6.91. The van der Waals surface area contributed by atoms with E-state index >= 15 is 0 Å². The number of rotatable bonds is 4. The molecule has 0 atom stereocenters. The number of amides is 1. The van der Waals surface area contributed by atoms with Gasteiger partial charge in [0, 0.05) is 19.3 Å². The van der Waals surface area contributed by atoms with Crippen molar-refractivity contribution in [3.05, 3.63) is 34.8 Å². The summed E-state index contributed by atoms with van der Waals surface area (Å²) >= 11 is 0. The summed E-state index contributed by atoms with van der Waals surface area (Å²) in [5.41, 5.74) is 0.661. The Hall–Kier alpha value is -2.29. The Morgan fingerprint density at radius 1 is 1.24 bits per heavy atom. The van der Waals surface area contributed by atoms with E-state index in [0.29, 0.717) is 31.6 Å². The van der Waals surface area contributed by atoms with Crippen LogP contribution < -0.4 is 5.76 Å². The topological polar surface area (TPSA) is 64.7 Å². The first-order chi connectivity index (χ1) is 11.8. The first kappa shape index (κ1) is 17.5. The third-order valence-corrected chi connectivity index (χ3v) is 4.17. The third kappa shape index (κ3) is 4.04. The third-order valence-electron chi connectivity index (χ3n) is 4.17. The summed E-state index contributed by atoms with van der Waals surface area (Å²) in [5, 5.41) is 0. The molecule has 1 aromatic heterocycles. The molecule has 6 nitrogen and oxygen atoms in total. The van der Waals surface area contributed by atoms with Crippen molar-refractivity contribution in [2.24, 2.45) is 0 Å². The van der Waals surface area contributed by atoms with Crippen LogP contribution in [0.5, 0.6) is 0 Å². The van der Waals surface area contributed by atoms with Crippen LogP contribution in [0.3, 0.4) is 0 Å². The second-order valence-electron chi connectivity index (χ2n) is 5.90. The van der Waals surface area contributed by atoms with Gasteiger partial charge < -0.3 is 14.1 Å². The number of ether oxygens (including phenoxy) is 1. The largest absolute Gasteiger partial charge is 0.420 e. The molecule has 0 unspecified atom stereocenters. The van der Waals surface area contributed by atoms with Crippen molar-refractivity contribution in [2.75, 3.05) is 19.8 Å². The van der Waals surface area contributed by atoms with Crippen LogP contribution in [0.25, 0.3) is 11.1 Å². The molecule has 1 saturated heterocycles. The van der Waals surface area contributed by atoms with Crippen molar-refractivity contribution in [3.8, 4) is 0 Å². The minimum absolute atomic E-state index is 0.286. The fraction of sp³-hybridized carbons (Fsp3) is 0.500. The SMILES string of the molecule is O=C(Cn1c(=O)oc2ccccc21)N(CC(F)(F)F)C1CCOCC1. The predicted octanol–water partition coefficient (Wildman–Crippen LogP) is 2.16. The lowest BCUT2D eigenvalue weighted by atomic mass is 10.1. The zero-order valence-electron chi connectivity index (χ0n) is 13.3. The van der Waals surface area contributed by atoms with Crippen molar-refractivity contribution in [1.82, 2.24) is 9.47 Å². The first-order valence-electron chi connectivity index (χ1n) is 7.87. The minimum atomic E-state index is -4.52. The van der Waals surface area contributed by atoms with E-state index in [-0.39, 0.29) is 5.58 Å². The number of hydrogen-bond donors (Lipinski definition) is 0. The molecule has 136 valence electrons. The molecule has 2 aromatic rings. The molecule has 0 spiro atoms. The van der Waals surface area contributed by atoms with Gasteiger partial charge in [0.2, 0.25) is 5.91 Å². The van der Waals surface area contributed by atoms with Gasteiger partial charge in [-0.2, -0.15) is 13.2 Å². The van der Waals surface area contributed by atoms with Crippen molar-refractivity contribution < 1.29 is 27.1 Å². The number of nitrogens with zero attached hydrogens (tertiary/aromatic N) is 2. The molecular formula is C16H17F3N2O4. The lowest BCUT2D eigenvalue weighted by Gasteiger charge is -2.34. The average Bonchev–Trinajstić information content (AvgIpc) is 2.88. The number of hydrogen-bond acceptors (Lipinski definition) is 4. The lowest BCUT2D eigenvalue weighted by molar-refractivity contribution is -0.169. The molecule has 3 rings (SSSR count). The molecule has 0 bridgehead atoms. The summed E-state index contributed by atoms with van der Waals surface area (Å²) in [4.78, 5) is 25.3. The number of oxazole rings is 1. The maximum absolute atomic E-state index is 12.9. The fourth-order valence-corrected chi connectivity index (χ4v) is 3.00. The molecule has 1 aliphatic heterocycles. The molecule has 2 heterocycles. The van der Waals surface area contributed by atoms with Gasteiger partial charge >= 0.3 is 11.9 Å². The van der Waals surface area contributed by atoms with Crippen LogP contribution >= 0.6 is 0 Å². The van der Waals surface area contributed by atoms with Gasteiger partial charge in [0.25, 0.3) is 0 Å². The Balaban J connectivity index is 1.86. The number of carbonyl (C=O) groups is 1. The summed E-state index contributed by atoms with van der Waals surface area (Å²) in [6.45, 7) is -1.23. The number of benzene rings is 1. The Bertz CT molecular complexity index is 806. The molecule has 0 aliphatic carbocycles. The van der Waals surface area contributed by atoms with Gasteiger partial charge in [-0.1, -0.05) is 12.1 Å². The molecule has 1 amide bonds. The molecule has 1 fully saturated rings. The molecular weight excluding hydrogens is 341 g/mol. The van der Waals surface area contributed by atoms with E-state index in [2.05, 4.69) is 0 Å². The highest BCUT2D eigenvalue weighted by Gasteiger charge is 2.37. The maximum Gasteiger partial charge on any atom is 0.420 e. The quantitative estimate of drug-likeness (QED) is 0.840. The predicted molar refractivity (Wildman–Crippen MR) is 82.1 cm³/mol. The monoisotopic (exact) mass is 358 g/mol. The second-order valence-corrected chi connectivity index (χ2v) is 5.90. The number of halogens is 3.